The molecule has 0 amide bonds. The maximum atomic E-state index is 12.4. The van der Waals surface area contributed by atoms with Crippen LogP contribution in [0.1, 0.15) is 17.2 Å². The molecular formula is C15H14ClNO4S. The fraction of sp³-hybridized carbons (Fsp3) is 0.133. The number of halogens is 1. The van der Waals surface area contributed by atoms with Crippen molar-refractivity contribution in [3.8, 4) is 0 Å². The van der Waals surface area contributed by atoms with Gasteiger partial charge in [-0.25, -0.2) is 8.42 Å². The minimum atomic E-state index is -4.07. The molecule has 0 fully saturated rings. The van der Waals surface area contributed by atoms with Crippen molar-refractivity contribution in [1.82, 2.24) is 4.72 Å². The SMILES string of the molecule is Cc1cccc(S(=O)(=O)N[C@H](C(=O)O)c2ccccc2)c1Cl. The number of sulfonamides is 1. The Morgan fingerprint density at radius 3 is 2.36 bits per heavy atom. The van der Waals surface area contributed by atoms with Gasteiger partial charge in [0.25, 0.3) is 0 Å². The van der Waals surface area contributed by atoms with Crippen molar-refractivity contribution in [2.45, 2.75) is 17.9 Å². The van der Waals surface area contributed by atoms with Gasteiger partial charge in [0.15, 0.2) is 0 Å². The number of benzene rings is 2. The lowest BCUT2D eigenvalue weighted by molar-refractivity contribution is -0.139. The lowest BCUT2D eigenvalue weighted by Crippen LogP contribution is -2.34. The van der Waals surface area contributed by atoms with Gasteiger partial charge >= 0.3 is 5.97 Å². The molecule has 0 aliphatic heterocycles. The molecule has 0 heterocycles. The van der Waals surface area contributed by atoms with Crippen LogP contribution < -0.4 is 4.72 Å². The summed E-state index contributed by atoms with van der Waals surface area (Å²) < 4.78 is 27.1. The average Bonchev–Trinajstić information content (AvgIpc) is 2.48. The van der Waals surface area contributed by atoms with Crippen LogP contribution in [0.4, 0.5) is 0 Å². The quantitative estimate of drug-likeness (QED) is 0.877. The van der Waals surface area contributed by atoms with E-state index >= 15 is 0 Å². The predicted octanol–water partition coefficient (Wildman–Crippen LogP) is 2.75. The summed E-state index contributed by atoms with van der Waals surface area (Å²) in [6.07, 6.45) is 0. The van der Waals surface area contributed by atoms with E-state index < -0.39 is 22.0 Å². The Hall–Kier alpha value is -1.89. The molecule has 0 unspecified atom stereocenters. The first-order valence-corrected chi connectivity index (χ1v) is 8.24. The van der Waals surface area contributed by atoms with Gasteiger partial charge in [-0.15, -0.1) is 0 Å². The van der Waals surface area contributed by atoms with Crippen molar-refractivity contribution in [2.75, 3.05) is 0 Å². The molecule has 116 valence electrons. The molecule has 2 aromatic carbocycles. The number of carboxylic acids is 1. The molecule has 0 spiro atoms. The van der Waals surface area contributed by atoms with Crippen LogP contribution in [0.2, 0.25) is 5.02 Å². The summed E-state index contributed by atoms with van der Waals surface area (Å²) in [5, 5.41) is 9.38. The summed E-state index contributed by atoms with van der Waals surface area (Å²) in [5.74, 6) is -1.29. The van der Waals surface area contributed by atoms with E-state index in [0.29, 0.717) is 11.1 Å². The van der Waals surface area contributed by atoms with E-state index in [4.69, 9.17) is 11.6 Å². The zero-order valence-electron chi connectivity index (χ0n) is 11.7. The van der Waals surface area contributed by atoms with Gasteiger partial charge < -0.3 is 5.11 Å². The predicted molar refractivity (Wildman–Crippen MR) is 83.3 cm³/mol. The van der Waals surface area contributed by atoms with Gasteiger partial charge in [-0.3, -0.25) is 4.79 Å². The summed E-state index contributed by atoms with van der Waals surface area (Å²) >= 11 is 6.02. The highest BCUT2D eigenvalue weighted by atomic mass is 35.5. The van der Waals surface area contributed by atoms with Crippen molar-refractivity contribution >= 4 is 27.6 Å². The topological polar surface area (TPSA) is 83.5 Å². The van der Waals surface area contributed by atoms with E-state index in [0.717, 1.165) is 0 Å². The Labute approximate surface area is 133 Å². The van der Waals surface area contributed by atoms with Crippen molar-refractivity contribution in [3.63, 3.8) is 0 Å². The van der Waals surface area contributed by atoms with E-state index in [-0.39, 0.29) is 9.92 Å². The zero-order chi connectivity index (χ0) is 16.3. The molecule has 0 aromatic heterocycles. The monoisotopic (exact) mass is 339 g/mol. The Balaban J connectivity index is 2.42. The highest BCUT2D eigenvalue weighted by Crippen LogP contribution is 2.26. The molecule has 5 nitrogen and oxygen atoms in total. The molecule has 2 aromatic rings. The molecule has 0 aliphatic rings. The third kappa shape index (κ3) is 3.47. The molecule has 22 heavy (non-hydrogen) atoms. The summed E-state index contributed by atoms with van der Waals surface area (Å²) in [4.78, 5) is 11.3. The number of rotatable bonds is 5. The van der Waals surface area contributed by atoms with Gasteiger partial charge in [-0.2, -0.15) is 4.72 Å². The number of aryl methyl sites for hydroxylation is 1. The van der Waals surface area contributed by atoms with Crippen LogP contribution in [0, 0.1) is 6.92 Å². The van der Waals surface area contributed by atoms with E-state index in [1.54, 1.807) is 49.4 Å². The molecule has 0 radical (unpaired) electrons. The zero-order valence-corrected chi connectivity index (χ0v) is 13.2. The van der Waals surface area contributed by atoms with E-state index in [2.05, 4.69) is 4.72 Å². The number of hydrogen-bond donors (Lipinski definition) is 2. The fourth-order valence-corrected chi connectivity index (χ4v) is 3.71. The van der Waals surface area contributed by atoms with Gasteiger partial charge in [-0.1, -0.05) is 54.1 Å². The molecule has 0 saturated carbocycles. The lowest BCUT2D eigenvalue weighted by Gasteiger charge is -2.16. The number of carbonyl (C=O) groups is 1. The van der Waals surface area contributed by atoms with Crippen LogP contribution in [-0.2, 0) is 14.8 Å². The molecule has 2 rings (SSSR count). The minimum absolute atomic E-state index is 0.0761. The molecule has 0 saturated heterocycles. The third-order valence-electron chi connectivity index (χ3n) is 3.10. The Morgan fingerprint density at radius 1 is 1.14 bits per heavy atom. The molecule has 0 bridgehead atoms. The Kier molecular flexibility index (Phi) is 4.85. The largest absolute Gasteiger partial charge is 0.480 e. The maximum absolute atomic E-state index is 12.4. The number of aliphatic carboxylic acids is 1. The van der Waals surface area contributed by atoms with E-state index in [1.807, 2.05) is 0 Å². The highest BCUT2D eigenvalue weighted by molar-refractivity contribution is 7.89. The minimum Gasteiger partial charge on any atom is -0.480 e. The fourth-order valence-electron chi connectivity index (χ4n) is 1.95. The second-order valence-corrected chi connectivity index (χ2v) is 6.75. The summed E-state index contributed by atoms with van der Waals surface area (Å²) in [6, 6.07) is 11.2. The highest BCUT2D eigenvalue weighted by Gasteiger charge is 2.28. The third-order valence-corrected chi connectivity index (χ3v) is 5.18. The Morgan fingerprint density at radius 2 is 1.77 bits per heavy atom. The second-order valence-electron chi connectivity index (χ2n) is 4.69. The van der Waals surface area contributed by atoms with Gasteiger partial charge in [0.05, 0.1) is 5.02 Å². The van der Waals surface area contributed by atoms with Crippen molar-refractivity contribution in [3.05, 3.63) is 64.7 Å². The van der Waals surface area contributed by atoms with Crippen LogP contribution in [0.25, 0.3) is 0 Å². The van der Waals surface area contributed by atoms with E-state index in [1.165, 1.54) is 6.07 Å². The van der Waals surface area contributed by atoms with Crippen LogP contribution in [-0.4, -0.2) is 19.5 Å². The number of hydrogen-bond acceptors (Lipinski definition) is 3. The molecular weight excluding hydrogens is 326 g/mol. The van der Waals surface area contributed by atoms with Crippen molar-refractivity contribution in [1.29, 1.82) is 0 Å². The molecule has 2 N–H and O–H groups in total. The second kappa shape index (κ2) is 6.48. The smallest absolute Gasteiger partial charge is 0.326 e. The van der Waals surface area contributed by atoms with Crippen LogP contribution in [0.15, 0.2) is 53.4 Å². The molecule has 7 heteroatoms. The van der Waals surface area contributed by atoms with Crippen LogP contribution in [0.3, 0.4) is 0 Å². The summed E-state index contributed by atoms with van der Waals surface area (Å²) in [5.41, 5.74) is 0.929. The van der Waals surface area contributed by atoms with Crippen LogP contribution in [0.5, 0.6) is 0 Å². The maximum Gasteiger partial charge on any atom is 0.326 e. The first-order valence-electron chi connectivity index (χ1n) is 6.38. The number of carboxylic acid groups (broad SMARTS) is 1. The first kappa shape index (κ1) is 16.5. The van der Waals surface area contributed by atoms with E-state index in [9.17, 15) is 18.3 Å². The average molecular weight is 340 g/mol. The number of nitrogens with one attached hydrogen (secondary N) is 1. The molecule has 1 atom stereocenters. The summed E-state index contributed by atoms with van der Waals surface area (Å²) in [6.45, 7) is 1.67. The summed E-state index contributed by atoms with van der Waals surface area (Å²) in [7, 11) is -4.07. The lowest BCUT2D eigenvalue weighted by atomic mass is 10.1. The van der Waals surface area contributed by atoms with Crippen molar-refractivity contribution < 1.29 is 18.3 Å². The normalized spacial score (nSPS) is 12.8. The van der Waals surface area contributed by atoms with Gasteiger partial charge in [0.2, 0.25) is 10.0 Å². The van der Waals surface area contributed by atoms with Crippen molar-refractivity contribution in [2.24, 2.45) is 0 Å². The van der Waals surface area contributed by atoms with Gasteiger partial charge in [0.1, 0.15) is 10.9 Å². The van der Waals surface area contributed by atoms with Gasteiger partial charge in [0, 0.05) is 0 Å². The van der Waals surface area contributed by atoms with Crippen LogP contribution >= 0.6 is 11.6 Å². The Bertz CT molecular complexity index is 790. The standard InChI is InChI=1S/C15H14ClNO4S/c1-10-6-5-9-12(13(10)16)22(20,21)17-14(15(18)19)11-7-3-2-4-8-11/h2-9,14,17H,1H3,(H,18,19)/t14-/m0/s1. The first-order chi connectivity index (χ1) is 10.3. The van der Waals surface area contributed by atoms with Gasteiger partial charge in [-0.05, 0) is 24.1 Å². The molecule has 0 aliphatic carbocycles.